The molecule has 1 N–H and O–H groups in total. The van der Waals surface area contributed by atoms with Crippen molar-refractivity contribution >= 4 is 17.5 Å². The molecule has 1 aliphatic heterocycles. The lowest BCUT2D eigenvalue weighted by atomic mass is 10.1. The first-order valence-electron chi connectivity index (χ1n) is 6.66. The molecule has 1 aromatic rings. The van der Waals surface area contributed by atoms with Crippen molar-refractivity contribution in [3.8, 4) is 0 Å². The summed E-state index contributed by atoms with van der Waals surface area (Å²) >= 11 is 0. The zero-order valence-electron chi connectivity index (χ0n) is 11.3. The van der Waals surface area contributed by atoms with Gasteiger partial charge in [0.2, 0.25) is 5.82 Å². The smallest absolute Gasteiger partial charge is 0.354 e. The number of nitro groups is 1. The number of carboxylic acid groups (broad SMARTS) is 1. The number of hydrogen-bond donors (Lipinski definition) is 1. The molecule has 2 heterocycles. The van der Waals surface area contributed by atoms with Crippen LogP contribution in [0.5, 0.6) is 0 Å². The average Bonchev–Trinajstić information content (AvgIpc) is 2.62. The highest BCUT2D eigenvalue weighted by Crippen LogP contribution is 2.30. The first-order valence-corrected chi connectivity index (χ1v) is 6.66. The summed E-state index contributed by atoms with van der Waals surface area (Å²) in [5.74, 6) is -1.01. The fourth-order valence-electron chi connectivity index (χ4n) is 2.50. The number of nitrogens with zero attached hydrogens (tertiary/aromatic N) is 3. The van der Waals surface area contributed by atoms with E-state index in [0.29, 0.717) is 6.54 Å². The van der Waals surface area contributed by atoms with E-state index in [9.17, 15) is 14.9 Å². The van der Waals surface area contributed by atoms with Gasteiger partial charge in [0, 0.05) is 18.7 Å². The van der Waals surface area contributed by atoms with E-state index in [2.05, 4.69) is 4.98 Å². The van der Waals surface area contributed by atoms with E-state index >= 15 is 0 Å². The SMILES string of the molecule is CC1CCCCCN1c1nc(C(=O)O)ccc1[N+](=O)[O-]. The second-order valence-corrected chi connectivity index (χ2v) is 4.99. The molecular formula is C13H17N3O4. The lowest BCUT2D eigenvalue weighted by Gasteiger charge is -2.27. The second kappa shape index (κ2) is 5.85. The monoisotopic (exact) mass is 279 g/mol. The Bertz CT molecular complexity index is 532. The summed E-state index contributed by atoms with van der Waals surface area (Å²) in [6.07, 6.45) is 4.01. The van der Waals surface area contributed by atoms with E-state index in [0.717, 1.165) is 25.7 Å². The Kier molecular flexibility index (Phi) is 4.16. The van der Waals surface area contributed by atoms with Crippen molar-refractivity contribution in [2.45, 2.75) is 38.6 Å². The van der Waals surface area contributed by atoms with Crippen LogP contribution in [0.15, 0.2) is 12.1 Å². The van der Waals surface area contributed by atoms with Crippen molar-refractivity contribution in [1.82, 2.24) is 4.98 Å². The molecule has 108 valence electrons. The first kappa shape index (κ1) is 14.2. The predicted molar refractivity (Wildman–Crippen MR) is 73.1 cm³/mol. The molecular weight excluding hydrogens is 262 g/mol. The van der Waals surface area contributed by atoms with Gasteiger partial charge in [0.25, 0.3) is 0 Å². The zero-order chi connectivity index (χ0) is 14.7. The maximum atomic E-state index is 11.1. The largest absolute Gasteiger partial charge is 0.477 e. The highest BCUT2D eigenvalue weighted by molar-refractivity contribution is 5.86. The summed E-state index contributed by atoms with van der Waals surface area (Å²) in [4.78, 5) is 27.5. The second-order valence-electron chi connectivity index (χ2n) is 4.99. The fourth-order valence-corrected chi connectivity index (χ4v) is 2.50. The van der Waals surface area contributed by atoms with Gasteiger partial charge in [-0.15, -0.1) is 0 Å². The molecule has 1 aromatic heterocycles. The standard InChI is InChI=1S/C13H17N3O4/c1-9-5-3-2-4-8-15(9)12-11(16(19)20)7-6-10(14-12)13(17)18/h6-7,9H,2-5,8H2,1H3,(H,17,18). The normalized spacial score (nSPS) is 19.4. The van der Waals surface area contributed by atoms with Crippen molar-refractivity contribution in [1.29, 1.82) is 0 Å². The number of anilines is 1. The van der Waals surface area contributed by atoms with Gasteiger partial charge in [-0.1, -0.05) is 12.8 Å². The number of aromatic nitrogens is 1. The molecule has 0 bridgehead atoms. The molecule has 1 aliphatic rings. The molecule has 1 atom stereocenters. The first-order chi connectivity index (χ1) is 9.50. The van der Waals surface area contributed by atoms with Gasteiger partial charge >= 0.3 is 11.7 Å². The Hall–Kier alpha value is -2.18. The molecule has 0 spiro atoms. The summed E-state index contributed by atoms with van der Waals surface area (Å²) in [7, 11) is 0. The Labute approximate surface area is 116 Å². The molecule has 0 amide bonds. The molecule has 20 heavy (non-hydrogen) atoms. The maximum Gasteiger partial charge on any atom is 0.354 e. The molecule has 0 saturated carbocycles. The van der Waals surface area contributed by atoms with Crippen LogP contribution in [0.25, 0.3) is 0 Å². The Balaban J connectivity index is 2.47. The van der Waals surface area contributed by atoms with Gasteiger partial charge < -0.3 is 10.0 Å². The summed E-state index contributed by atoms with van der Waals surface area (Å²) in [5.41, 5.74) is -0.300. The van der Waals surface area contributed by atoms with Crippen molar-refractivity contribution in [2.75, 3.05) is 11.4 Å². The third-order valence-electron chi connectivity index (χ3n) is 3.60. The summed E-state index contributed by atoms with van der Waals surface area (Å²) in [6, 6.07) is 2.52. The van der Waals surface area contributed by atoms with Crippen LogP contribution in [0.4, 0.5) is 11.5 Å². The highest BCUT2D eigenvalue weighted by Gasteiger charge is 2.27. The molecule has 1 saturated heterocycles. The Morgan fingerprint density at radius 2 is 2.20 bits per heavy atom. The number of rotatable bonds is 3. The number of pyridine rings is 1. The molecule has 7 heteroatoms. The highest BCUT2D eigenvalue weighted by atomic mass is 16.6. The molecule has 1 fully saturated rings. The third kappa shape index (κ3) is 2.87. The number of hydrogen-bond acceptors (Lipinski definition) is 5. The van der Waals surface area contributed by atoms with E-state index in [4.69, 9.17) is 5.11 Å². The molecule has 7 nitrogen and oxygen atoms in total. The van der Waals surface area contributed by atoms with Gasteiger partial charge in [-0.3, -0.25) is 10.1 Å². The zero-order valence-corrected chi connectivity index (χ0v) is 11.3. The maximum absolute atomic E-state index is 11.1. The minimum atomic E-state index is -1.18. The van der Waals surface area contributed by atoms with Crippen LogP contribution in [-0.2, 0) is 0 Å². The van der Waals surface area contributed by atoms with Crippen molar-refractivity contribution < 1.29 is 14.8 Å². The lowest BCUT2D eigenvalue weighted by Crippen LogP contribution is -2.34. The van der Waals surface area contributed by atoms with Crippen molar-refractivity contribution in [3.63, 3.8) is 0 Å². The van der Waals surface area contributed by atoms with E-state index < -0.39 is 10.9 Å². The van der Waals surface area contributed by atoms with Crippen LogP contribution in [0, 0.1) is 10.1 Å². The van der Waals surface area contributed by atoms with E-state index in [1.54, 1.807) is 0 Å². The van der Waals surface area contributed by atoms with E-state index in [1.165, 1.54) is 12.1 Å². The topological polar surface area (TPSA) is 96.6 Å². The minimum Gasteiger partial charge on any atom is -0.477 e. The third-order valence-corrected chi connectivity index (χ3v) is 3.60. The van der Waals surface area contributed by atoms with Crippen LogP contribution in [-0.4, -0.2) is 33.6 Å². The summed E-state index contributed by atoms with van der Waals surface area (Å²) in [5, 5.41) is 20.1. The number of carboxylic acids is 1. The Morgan fingerprint density at radius 3 is 2.85 bits per heavy atom. The van der Waals surface area contributed by atoms with Gasteiger partial charge in [0.1, 0.15) is 0 Å². The molecule has 0 aliphatic carbocycles. The van der Waals surface area contributed by atoms with Crippen LogP contribution in [0.2, 0.25) is 0 Å². The molecule has 0 aromatic carbocycles. The van der Waals surface area contributed by atoms with Gasteiger partial charge in [-0.25, -0.2) is 9.78 Å². The van der Waals surface area contributed by atoms with E-state index in [-0.39, 0.29) is 23.2 Å². The number of carbonyl (C=O) groups is 1. The molecule has 1 unspecified atom stereocenters. The van der Waals surface area contributed by atoms with Gasteiger partial charge in [0.05, 0.1) is 4.92 Å². The van der Waals surface area contributed by atoms with Gasteiger partial charge in [-0.2, -0.15) is 0 Å². The molecule has 0 radical (unpaired) electrons. The average molecular weight is 279 g/mol. The van der Waals surface area contributed by atoms with Crippen LogP contribution in [0.1, 0.15) is 43.1 Å². The van der Waals surface area contributed by atoms with Crippen LogP contribution >= 0.6 is 0 Å². The summed E-state index contributed by atoms with van der Waals surface area (Å²) in [6.45, 7) is 2.66. The Morgan fingerprint density at radius 1 is 1.45 bits per heavy atom. The molecule has 2 rings (SSSR count). The van der Waals surface area contributed by atoms with Crippen LogP contribution in [0.3, 0.4) is 0 Å². The predicted octanol–water partition coefficient (Wildman–Crippen LogP) is 2.46. The van der Waals surface area contributed by atoms with E-state index in [1.807, 2.05) is 11.8 Å². The van der Waals surface area contributed by atoms with Crippen LogP contribution < -0.4 is 4.90 Å². The van der Waals surface area contributed by atoms with Gasteiger partial charge in [0.15, 0.2) is 5.69 Å². The summed E-state index contributed by atoms with van der Waals surface area (Å²) < 4.78 is 0. The minimum absolute atomic E-state index is 0.118. The van der Waals surface area contributed by atoms with Gasteiger partial charge in [-0.05, 0) is 25.8 Å². The van der Waals surface area contributed by atoms with Crippen molar-refractivity contribution in [2.24, 2.45) is 0 Å². The lowest BCUT2D eigenvalue weighted by molar-refractivity contribution is -0.384. The fraction of sp³-hybridized carbons (Fsp3) is 0.538. The number of aromatic carboxylic acids is 1. The quantitative estimate of drug-likeness (QED) is 0.674. The van der Waals surface area contributed by atoms with Crippen molar-refractivity contribution in [3.05, 3.63) is 27.9 Å².